The zero-order chi connectivity index (χ0) is 27.3. The van der Waals surface area contributed by atoms with Crippen molar-refractivity contribution in [2.24, 2.45) is 5.16 Å². The van der Waals surface area contributed by atoms with Gasteiger partial charge in [0.05, 0.1) is 0 Å². The van der Waals surface area contributed by atoms with E-state index >= 15 is 0 Å². The zero-order valence-corrected chi connectivity index (χ0v) is 22.6. The quantitative estimate of drug-likeness (QED) is 0.181. The number of rotatable bonds is 8. The molecule has 12 nitrogen and oxygen atoms in total. The fraction of sp³-hybridized carbons (Fsp3) is 0.520. The van der Waals surface area contributed by atoms with E-state index < -0.39 is 29.2 Å². The smallest absolute Gasteiger partial charge is 0.352 e. The zero-order valence-electron chi connectivity index (χ0n) is 21.0. The highest BCUT2D eigenvalue weighted by Crippen LogP contribution is 2.42. The number of aliphatic carboxylic acids is 1. The number of oxime groups is 1. The van der Waals surface area contributed by atoms with Gasteiger partial charge in [0.25, 0.3) is 11.8 Å². The lowest BCUT2D eigenvalue weighted by Crippen LogP contribution is -2.71. The van der Waals surface area contributed by atoms with Crippen molar-refractivity contribution in [1.29, 1.82) is 0 Å². The van der Waals surface area contributed by atoms with Gasteiger partial charge in [-0.15, -0.1) is 23.1 Å². The lowest BCUT2D eigenvalue weighted by atomic mass is 10.0. The summed E-state index contributed by atoms with van der Waals surface area (Å²) in [6, 6.07) is -0.655. The summed E-state index contributed by atoms with van der Waals surface area (Å²) in [4.78, 5) is 64.2. The van der Waals surface area contributed by atoms with Crippen molar-refractivity contribution >= 4 is 57.6 Å². The number of nitrogen functional groups attached to an aromatic ring is 1. The first kappa shape index (κ1) is 25.9. The van der Waals surface area contributed by atoms with Crippen molar-refractivity contribution in [2.45, 2.75) is 68.5 Å². The molecule has 0 radical (unpaired) electrons. The molecule has 4 heterocycles. The monoisotopic (exact) mass is 572 g/mol. The molecule has 2 aliphatic carbocycles. The number of carboxylic acid groups (broad SMARTS) is 1. The highest BCUT2D eigenvalue weighted by molar-refractivity contribution is 8.00. The normalized spacial score (nSPS) is 26.8. The maximum Gasteiger partial charge on any atom is 0.352 e. The van der Waals surface area contributed by atoms with Crippen LogP contribution in [0.4, 0.5) is 5.13 Å². The molecule has 1 aromatic rings. The summed E-state index contributed by atoms with van der Waals surface area (Å²) in [5, 5.41) is 18.0. The number of β-lactam (4-membered cyclic amide) rings is 1. The van der Waals surface area contributed by atoms with Gasteiger partial charge < -0.3 is 25.9 Å². The molecule has 0 aromatic carbocycles. The Morgan fingerprint density at radius 2 is 2.00 bits per heavy atom. The molecule has 1 aromatic heterocycles. The predicted octanol–water partition coefficient (Wildman–Crippen LogP) is 1.45. The van der Waals surface area contributed by atoms with Crippen molar-refractivity contribution in [3.05, 3.63) is 34.0 Å². The van der Waals surface area contributed by atoms with Crippen LogP contribution >= 0.6 is 23.1 Å². The van der Waals surface area contributed by atoms with Gasteiger partial charge in [-0.3, -0.25) is 19.3 Å². The Hall–Kier alpha value is -3.39. The SMILES string of the molecule is Nc1nc(C(=NOC2CCCC2)C(=O)N[C@@H]2C(=O)N3C(C(=O)O)=C(C=C4CCN(C5CC5)C4=O)CS[C@H]23)cs1. The fourth-order valence-electron chi connectivity index (χ4n) is 5.40. The van der Waals surface area contributed by atoms with Gasteiger partial charge in [0, 0.05) is 29.3 Å². The number of amides is 3. The van der Waals surface area contributed by atoms with E-state index in [1.807, 2.05) is 4.90 Å². The molecule has 5 aliphatic rings. The van der Waals surface area contributed by atoms with Crippen LogP contribution in [0.5, 0.6) is 0 Å². The minimum Gasteiger partial charge on any atom is -0.477 e. The summed E-state index contributed by atoms with van der Waals surface area (Å²) in [7, 11) is 0. The van der Waals surface area contributed by atoms with Crippen LogP contribution < -0.4 is 11.1 Å². The summed E-state index contributed by atoms with van der Waals surface area (Å²) in [6.07, 6.45) is 7.86. The molecule has 206 valence electrons. The number of nitrogens with one attached hydrogen (secondary N) is 1. The molecule has 0 spiro atoms. The summed E-state index contributed by atoms with van der Waals surface area (Å²) < 4.78 is 0. The number of fused-ring (bicyclic) bond motifs is 1. The third kappa shape index (κ3) is 4.91. The number of allylic oxidation sites excluding steroid dienone is 1. The molecule has 6 rings (SSSR count). The van der Waals surface area contributed by atoms with Gasteiger partial charge in [-0.1, -0.05) is 5.16 Å². The van der Waals surface area contributed by atoms with E-state index in [0.717, 1.165) is 49.9 Å². The average molecular weight is 573 g/mol. The number of thioether (sulfide) groups is 1. The van der Waals surface area contributed by atoms with Gasteiger partial charge in [-0.05, 0) is 56.6 Å². The molecule has 2 saturated carbocycles. The first-order valence-corrected chi connectivity index (χ1v) is 14.9. The maximum atomic E-state index is 13.3. The summed E-state index contributed by atoms with van der Waals surface area (Å²) in [5.74, 6) is -2.21. The third-order valence-electron chi connectivity index (χ3n) is 7.56. The van der Waals surface area contributed by atoms with E-state index in [4.69, 9.17) is 10.6 Å². The van der Waals surface area contributed by atoms with E-state index in [1.54, 1.807) is 11.5 Å². The number of carbonyl (C=O) groups excluding carboxylic acids is 3. The second-order valence-electron chi connectivity index (χ2n) is 10.2. The number of hydrogen-bond donors (Lipinski definition) is 3. The molecule has 2 saturated heterocycles. The van der Waals surface area contributed by atoms with E-state index in [9.17, 15) is 24.3 Å². The molecule has 3 aliphatic heterocycles. The van der Waals surface area contributed by atoms with Gasteiger partial charge >= 0.3 is 5.97 Å². The summed E-state index contributed by atoms with van der Waals surface area (Å²) in [5.41, 5.74) is 6.77. The van der Waals surface area contributed by atoms with Crippen molar-refractivity contribution in [1.82, 2.24) is 20.1 Å². The average Bonchev–Trinajstić information content (AvgIpc) is 3.26. The lowest BCUT2D eigenvalue weighted by molar-refractivity contribution is -0.150. The highest BCUT2D eigenvalue weighted by atomic mass is 32.2. The Balaban J connectivity index is 1.19. The molecular weight excluding hydrogens is 544 g/mol. The Morgan fingerprint density at radius 1 is 1.23 bits per heavy atom. The maximum absolute atomic E-state index is 13.3. The van der Waals surface area contributed by atoms with Crippen molar-refractivity contribution in [3.63, 3.8) is 0 Å². The van der Waals surface area contributed by atoms with Crippen LogP contribution in [0.15, 0.2) is 33.5 Å². The van der Waals surface area contributed by atoms with Crippen molar-refractivity contribution in [2.75, 3.05) is 18.0 Å². The summed E-state index contributed by atoms with van der Waals surface area (Å²) >= 11 is 2.50. The van der Waals surface area contributed by atoms with Crippen LogP contribution in [0.25, 0.3) is 0 Å². The number of carbonyl (C=O) groups is 4. The number of nitrogens with two attached hydrogens (primary N) is 1. The van der Waals surface area contributed by atoms with Crippen LogP contribution in [0.2, 0.25) is 0 Å². The molecule has 4 N–H and O–H groups in total. The van der Waals surface area contributed by atoms with E-state index in [0.29, 0.717) is 30.2 Å². The number of hydrogen-bond acceptors (Lipinski definition) is 10. The van der Waals surface area contributed by atoms with E-state index in [2.05, 4.69) is 15.5 Å². The number of likely N-dealkylation sites (tertiary alicyclic amines) is 1. The minimum atomic E-state index is -1.25. The van der Waals surface area contributed by atoms with Gasteiger partial charge in [-0.25, -0.2) is 9.78 Å². The van der Waals surface area contributed by atoms with Crippen molar-refractivity contribution < 1.29 is 29.1 Å². The van der Waals surface area contributed by atoms with Crippen LogP contribution in [0, 0.1) is 0 Å². The number of anilines is 1. The Kier molecular flexibility index (Phi) is 6.83. The second-order valence-corrected chi connectivity index (χ2v) is 12.2. The summed E-state index contributed by atoms with van der Waals surface area (Å²) in [6.45, 7) is 0.635. The number of carboxylic acids is 1. The molecule has 4 fully saturated rings. The number of thiazole rings is 1. The van der Waals surface area contributed by atoms with Crippen LogP contribution in [-0.2, 0) is 24.0 Å². The lowest BCUT2D eigenvalue weighted by Gasteiger charge is -2.49. The third-order valence-corrected chi connectivity index (χ3v) is 9.53. The van der Waals surface area contributed by atoms with Crippen LogP contribution in [0.1, 0.15) is 50.6 Å². The Bertz CT molecular complexity index is 1330. The minimum absolute atomic E-state index is 0.0590. The van der Waals surface area contributed by atoms with E-state index in [-0.39, 0.29) is 40.0 Å². The van der Waals surface area contributed by atoms with E-state index in [1.165, 1.54) is 16.7 Å². The highest BCUT2D eigenvalue weighted by Gasteiger charge is 2.54. The molecule has 39 heavy (non-hydrogen) atoms. The Labute approximate surface area is 232 Å². The van der Waals surface area contributed by atoms with Crippen LogP contribution in [0.3, 0.4) is 0 Å². The first-order valence-electron chi connectivity index (χ1n) is 13.0. The number of nitrogens with zero attached hydrogens (tertiary/aromatic N) is 4. The first-order chi connectivity index (χ1) is 18.8. The fourth-order valence-corrected chi connectivity index (χ4v) is 7.25. The van der Waals surface area contributed by atoms with Crippen LogP contribution in [-0.4, -0.2) is 85.2 Å². The molecular formula is C25H28N6O6S2. The molecule has 2 atom stereocenters. The standard InChI is InChI=1S/C25H28N6O6S2/c26-25-27-16(11-39-25)17(29-37-15-3-1-2-4-15)20(32)28-18-22(34)31-19(24(35)36)13(10-38-23(18)31)9-12-7-8-30(21(12)33)14-5-6-14/h9,11,14-15,18,23H,1-8,10H2,(H2,26,27)(H,28,32)(H,35,36)/t18-,23-/m1/s1. The molecule has 3 amide bonds. The topological polar surface area (TPSA) is 168 Å². The molecule has 14 heteroatoms. The Morgan fingerprint density at radius 3 is 2.67 bits per heavy atom. The van der Waals surface area contributed by atoms with Gasteiger partial charge in [0.15, 0.2) is 10.8 Å². The largest absolute Gasteiger partial charge is 0.477 e. The van der Waals surface area contributed by atoms with Gasteiger partial charge in [0.1, 0.15) is 28.9 Å². The second kappa shape index (κ2) is 10.3. The molecule has 0 bridgehead atoms. The van der Waals surface area contributed by atoms with Gasteiger partial charge in [-0.2, -0.15) is 0 Å². The number of aromatic nitrogens is 1. The van der Waals surface area contributed by atoms with Crippen molar-refractivity contribution in [3.8, 4) is 0 Å². The predicted molar refractivity (Wildman–Crippen MR) is 144 cm³/mol. The van der Waals surface area contributed by atoms with Gasteiger partial charge in [0.2, 0.25) is 5.91 Å². The molecule has 0 unspecified atom stereocenters.